The van der Waals surface area contributed by atoms with Crippen molar-refractivity contribution in [3.63, 3.8) is 0 Å². The van der Waals surface area contributed by atoms with Crippen LogP contribution in [0.25, 0.3) is 5.65 Å². The maximum Gasteiger partial charge on any atom is 0.452 e. The van der Waals surface area contributed by atoms with Gasteiger partial charge in [-0.05, 0) is 107 Å². The van der Waals surface area contributed by atoms with E-state index >= 15 is 0 Å². The Morgan fingerprint density at radius 2 is 1.73 bits per heavy atom. The van der Waals surface area contributed by atoms with Crippen molar-refractivity contribution >= 4 is 21.6 Å². The van der Waals surface area contributed by atoms with Gasteiger partial charge in [0.2, 0.25) is 27.6 Å². The number of benzene rings is 1. The van der Waals surface area contributed by atoms with Gasteiger partial charge in [0, 0.05) is 43.9 Å². The lowest BCUT2D eigenvalue weighted by atomic mass is 9.70. The number of carboxylic acids is 1. The molecule has 2 aliphatic heterocycles. The number of hydrogen-bond donors (Lipinski definition) is 1. The lowest BCUT2D eigenvalue weighted by molar-refractivity contribution is -0.147. The van der Waals surface area contributed by atoms with Gasteiger partial charge in [-0.3, -0.25) is 14.1 Å². The zero-order valence-electron chi connectivity index (χ0n) is 31.6. The second-order valence-corrected chi connectivity index (χ2v) is 16.6. The number of likely N-dealkylation sites (tertiary alicyclic amines) is 1. The van der Waals surface area contributed by atoms with E-state index in [9.17, 15) is 31.5 Å². The third-order valence-electron chi connectivity index (χ3n) is 10.5. The lowest BCUT2D eigenvalue weighted by Crippen LogP contribution is -2.34. The Bertz CT molecular complexity index is 2150. The number of carbonyl (C=O) groups is 1. The predicted octanol–water partition coefficient (Wildman–Crippen LogP) is 5.78. The van der Waals surface area contributed by atoms with Crippen molar-refractivity contribution in [3.8, 4) is 11.8 Å². The number of sulfonamides is 1. The van der Waals surface area contributed by atoms with Gasteiger partial charge in [-0.2, -0.15) is 22.5 Å². The monoisotopic (exact) mass is 788 g/mol. The molecule has 0 saturated carbocycles. The van der Waals surface area contributed by atoms with E-state index in [0.717, 1.165) is 42.4 Å². The molecule has 0 amide bonds. The molecule has 3 aromatic heterocycles. The second kappa shape index (κ2) is 16.0. The van der Waals surface area contributed by atoms with Crippen LogP contribution in [0.2, 0.25) is 0 Å². The Morgan fingerprint density at radius 3 is 2.44 bits per heavy atom. The molecular weight excluding hydrogens is 742 g/mol. The van der Waals surface area contributed by atoms with E-state index < -0.39 is 39.3 Å². The summed E-state index contributed by atoms with van der Waals surface area (Å²) in [5, 5.41) is 17.6. The minimum atomic E-state index is -4.75. The topological polar surface area (TPSA) is 149 Å². The third-order valence-corrected chi connectivity index (χ3v) is 12.3. The maximum absolute atomic E-state index is 14.6. The molecule has 4 aromatic rings. The zero-order valence-corrected chi connectivity index (χ0v) is 32.5. The summed E-state index contributed by atoms with van der Waals surface area (Å²) in [5.74, 6) is -2.99. The summed E-state index contributed by atoms with van der Waals surface area (Å²) >= 11 is 0. The van der Waals surface area contributed by atoms with E-state index in [-0.39, 0.29) is 49.3 Å². The molecule has 0 spiro atoms. The Balaban J connectivity index is 1.37. The molecule has 1 saturated heterocycles. The minimum Gasteiger partial charge on any atom is -0.481 e. The SMILES string of the molecule is Cc1ccc([C@H](c2ccn3c(C(F)(F)F)nnc3c2C)C(C)(C)C(=O)O)cc1CN1CCCOCCOc2nc(OCCN3CCCC3)c(C)cc2S1(=O)=O. The number of alkyl halides is 3. The molecule has 1 aromatic carbocycles. The molecular formula is C38H47F3N6O7S. The number of fused-ring (bicyclic) bond motifs is 2. The average Bonchev–Trinajstić information content (AvgIpc) is 3.81. The first kappa shape index (κ1) is 40.3. The number of hydrogen-bond acceptors (Lipinski definition) is 10. The van der Waals surface area contributed by atoms with Crippen molar-refractivity contribution in [1.29, 1.82) is 0 Å². The predicted molar refractivity (Wildman–Crippen MR) is 196 cm³/mol. The zero-order chi connectivity index (χ0) is 39.7. The number of aryl methyl sites for hydroxylation is 3. The van der Waals surface area contributed by atoms with Crippen LogP contribution in [0.1, 0.15) is 78.2 Å². The molecule has 1 fully saturated rings. The highest BCUT2D eigenvalue weighted by molar-refractivity contribution is 7.89. The van der Waals surface area contributed by atoms with Crippen LogP contribution in [-0.4, -0.2) is 101 Å². The lowest BCUT2D eigenvalue weighted by Gasteiger charge is -2.33. The standard InChI is InChI=1S/C38H47F3N6O7S/c1-24-9-10-27(31(37(4,5)36(48)49)29-11-15-47-32(26(29)3)43-44-35(47)38(39,40)41)22-28(24)23-46-14-8-17-52-19-20-54-34-30(55(46,50)51)21-25(2)33(42-34)53-18-16-45-12-6-7-13-45/h9-11,15,21-22,31H,6-8,12-14,16-20,23H2,1-5H3,(H,48,49)/t31-/m1/s1. The van der Waals surface area contributed by atoms with Crippen LogP contribution in [0.5, 0.6) is 11.8 Å². The van der Waals surface area contributed by atoms with Crippen LogP contribution in [-0.2, 0) is 32.3 Å². The summed E-state index contributed by atoms with van der Waals surface area (Å²) in [6.45, 7) is 12.0. The summed E-state index contributed by atoms with van der Waals surface area (Å²) in [5.41, 5.74) is 1.70. The fourth-order valence-corrected chi connectivity index (χ4v) is 8.88. The summed E-state index contributed by atoms with van der Waals surface area (Å²) in [7, 11) is -4.23. The number of aromatic nitrogens is 4. The van der Waals surface area contributed by atoms with Gasteiger partial charge < -0.3 is 19.3 Å². The molecule has 298 valence electrons. The van der Waals surface area contributed by atoms with Crippen LogP contribution in [0.4, 0.5) is 13.2 Å². The van der Waals surface area contributed by atoms with Gasteiger partial charge in [0.05, 0.1) is 12.0 Å². The van der Waals surface area contributed by atoms with Crippen molar-refractivity contribution in [1.82, 2.24) is 28.8 Å². The van der Waals surface area contributed by atoms with Gasteiger partial charge >= 0.3 is 12.1 Å². The first-order chi connectivity index (χ1) is 26.0. The van der Waals surface area contributed by atoms with E-state index in [0.29, 0.717) is 46.7 Å². The highest BCUT2D eigenvalue weighted by Gasteiger charge is 2.42. The van der Waals surface area contributed by atoms with Crippen molar-refractivity contribution in [3.05, 3.63) is 75.7 Å². The van der Waals surface area contributed by atoms with Gasteiger partial charge in [0.15, 0.2) is 5.65 Å². The average molecular weight is 789 g/mol. The maximum atomic E-state index is 14.6. The molecule has 55 heavy (non-hydrogen) atoms. The van der Waals surface area contributed by atoms with E-state index in [1.807, 2.05) is 6.92 Å². The molecule has 0 aliphatic carbocycles. The fourth-order valence-electron chi connectivity index (χ4n) is 7.28. The molecule has 5 heterocycles. The van der Waals surface area contributed by atoms with E-state index in [2.05, 4.69) is 20.1 Å². The van der Waals surface area contributed by atoms with Crippen molar-refractivity contribution in [2.45, 2.75) is 77.4 Å². The summed E-state index contributed by atoms with van der Waals surface area (Å²) in [6.07, 6.45) is -0.855. The molecule has 2 aliphatic rings. The van der Waals surface area contributed by atoms with Crippen LogP contribution >= 0.6 is 0 Å². The largest absolute Gasteiger partial charge is 0.481 e. The number of carboxylic acid groups (broad SMARTS) is 1. The van der Waals surface area contributed by atoms with Gasteiger partial charge in [-0.1, -0.05) is 18.2 Å². The van der Waals surface area contributed by atoms with Crippen molar-refractivity contribution < 1.29 is 45.7 Å². The molecule has 0 bridgehead atoms. The van der Waals surface area contributed by atoms with Gasteiger partial charge in [0.1, 0.15) is 18.1 Å². The highest BCUT2D eigenvalue weighted by Crippen LogP contribution is 2.44. The Morgan fingerprint density at radius 1 is 0.982 bits per heavy atom. The Hall–Kier alpha value is -4.32. The molecule has 0 unspecified atom stereocenters. The normalized spacial score (nSPS) is 18.0. The Labute approximate surface area is 318 Å². The van der Waals surface area contributed by atoms with Gasteiger partial charge in [-0.25, -0.2) is 8.42 Å². The molecule has 1 N–H and O–H groups in total. The summed E-state index contributed by atoms with van der Waals surface area (Å²) in [4.78, 5) is 19.6. The number of halogens is 3. The fraction of sp³-hybridized carbons (Fsp3) is 0.526. The number of ether oxygens (including phenoxy) is 3. The highest BCUT2D eigenvalue weighted by atomic mass is 32.2. The first-order valence-electron chi connectivity index (χ1n) is 18.3. The van der Waals surface area contributed by atoms with E-state index in [1.54, 1.807) is 45.9 Å². The second-order valence-electron chi connectivity index (χ2n) is 14.7. The molecule has 6 rings (SSSR count). The van der Waals surface area contributed by atoms with E-state index in [1.165, 1.54) is 22.6 Å². The van der Waals surface area contributed by atoms with Crippen molar-refractivity contribution in [2.75, 3.05) is 52.6 Å². The van der Waals surface area contributed by atoms with Crippen LogP contribution in [0.15, 0.2) is 41.4 Å². The number of aliphatic carboxylic acids is 1. The third kappa shape index (κ3) is 8.44. The minimum absolute atomic E-state index is 0.0508. The molecule has 13 nitrogen and oxygen atoms in total. The number of nitrogens with zero attached hydrogens (tertiary/aromatic N) is 6. The number of rotatable bonds is 10. The van der Waals surface area contributed by atoms with Gasteiger partial charge in [0.25, 0.3) is 0 Å². The number of pyridine rings is 2. The van der Waals surface area contributed by atoms with Crippen LogP contribution < -0.4 is 9.47 Å². The van der Waals surface area contributed by atoms with Crippen LogP contribution in [0.3, 0.4) is 0 Å². The summed E-state index contributed by atoms with van der Waals surface area (Å²) < 4.78 is 90.1. The van der Waals surface area contributed by atoms with Crippen LogP contribution in [0, 0.1) is 26.2 Å². The van der Waals surface area contributed by atoms with E-state index in [4.69, 9.17) is 14.2 Å². The molecule has 0 radical (unpaired) electrons. The first-order valence-corrected chi connectivity index (χ1v) is 19.8. The quantitative estimate of drug-likeness (QED) is 0.209. The summed E-state index contributed by atoms with van der Waals surface area (Å²) in [6, 6.07) is 8.31. The smallest absolute Gasteiger partial charge is 0.452 e. The van der Waals surface area contributed by atoms with Gasteiger partial charge in [-0.15, -0.1) is 10.2 Å². The molecule has 1 atom stereocenters. The Kier molecular flexibility index (Phi) is 11.8. The van der Waals surface area contributed by atoms with Crippen molar-refractivity contribution in [2.24, 2.45) is 5.41 Å². The molecule has 17 heteroatoms.